The average molecular weight is 623 g/mol. The maximum absolute atomic E-state index is 13.7. The first-order valence-corrected chi connectivity index (χ1v) is 14.8. The zero-order valence-electron chi connectivity index (χ0n) is 26.7. The lowest BCUT2D eigenvalue weighted by Gasteiger charge is -2.43. The van der Waals surface area contributed by atoms with Gasteiger partial charge in [0.1, 0.15) is 26.4 Å². The van der Waals surface area contributed by atoms with Crippen LogP contribution in [0.4, 0.5) is 0 Å². The van der Waals surface area contributed by atoms with Crippen molar-refractivity contribution in [3.05, 3.63) is 0 Å². The van der Waals surface area contributed by atoms with E-state index in [1.807, 2.05) is 6.92 Å². The third-order valence-corrected chi connectivity index (χ3v) is 7.81. The molecule has 0 saturated heterocycles. The molecule has 0 aliphatic rings. The van der Waals surface area contributed by atoms with Gasteiger partial charge in [0.15, 0.2) is 0 Å². The fraction of sp³-hybridized carbons (Fsp3) is 0.867. The van der Waals surface area contributed by atoms with Gasteiger partial charge in [0.2, 0.25) is 0 Å². The van der Waals surface area contributed by atoms with Gasteiger partial charge in [0.25, 0.3) is 0 Å². The van der Waals surface area contributed by atoms with Gasteiger partial charge in [-0.25, -0.2) is 0 Å². The fourth-order valence-electron chi connectivity index (χ4n) is 5.91. The van der Waals surface area contributed by atoms with Crippen molar-refractivity contribution in [3.8, 4) is 0 Å². The molecule has 5 atom stereocenters. The number of carbonyl (C=O) groups is 4. The molecule has 13 heteroatoms. The Morgan fingerprint density at radius 3 is 1.16 bits per heavy atom. The molecule has 0 aliphatic carbocycles. The highest BCUT2D eigenvalue weighted by Crippen LogP contribution is 2.51. The van der Waals surface area contributed by atoms with Crippen molar-refractivity contribution in [1.82, 2.24) is 0 Å². The van der Waals surface area contributed by atoms with Gasteiger partial charge >= 0.3 is 23.9 Å². The Labute approximate surface area is 254 Å². The van der Waals surface area contributed by atoms with Gasteiger partial charge < -0.3 is 44.5 Å². The number of rotatable bonds is 23. The SMILES string of the molecule is CCC(C)(CC(C)(CC(C)(CC(C)(CC(C)CCO)C(=O)OCCO)C(=O)OCCO)C(=O)OCCO)C(=O)OCCO. The molecule has 0 heterocycles. The maximum Gasteiger partial charge on any atom is 0.311 e. The summed E-state index contributed by atoms with van der Waals surface area (Å²) in [6, 6.07) is 0. The molecular weight excluding hydrogens is 568 g/mol. The summed E-state index contributed by atoms with van der Waals surface area (Å²) in [5.74, 6) is -3.14. The first kappa shape index (κ1) is 40.7. The quantitative estimate of drug-likeness (QED) is 0.0802. The Morgan fingerprint density at radius 2 is 0.837 bits per heavy atom. The molecule has 0 bridgehead atoms. The fourth-order valence-corrected chi connectivity index (χ4v) is 5.91. The van der Waals surface area contributed by atoms with Crippen LogP contribution < -0.4 is 0 Å². The van der Waals surface area contributed by atoms with Gasteiger partial charge in [-0.3, -0.25) is 19.2 Å². The molecule has 0 fully saturated rings. The normalized spacial score (nSPS) is 17.7. The molecule has 0 radical (unpaired) electrons. The van der Waals surface area contributed by atoms with Crippen molar-refractivity contribution in [2.45, 2.75) is 80.1 Å². The van der Waals surface area contributed by atoms with E-state index >= 15 is 0 Å². The molecular formula is C30H54O13. The van der Waals surface area contributed by atoms with Crippen LogP contribution in [-0.4, -0.2) is 109 Å². The second-order valence-electron chi connectivity index (χ2n) is 12.4. The largest absolute Gasteiger partial charge is 0.463 e. The van der Waals surface area contributed by atoms with Gasteiger partial charge in [0.05, 0.1) is 48.1 Å². The van der Waals surface area contributed by atoms with Crippen LogP contribution in [0.2, 0.25) is 0 Å². The minimum absolute atomic E-state index is 0.129. The Kier molecular flexibility index (Phi) is 18.1. The van der Waals surface area contributed by atoms with Gasteiger partial charge in [-0.15, -0.1) is 0 Å². The first-order valence-electron chi connectivity index (χ1n) is 14.8. The van der Waals surface area contributed by atoms with E-state index in [-0.39, 0.29) is 71.1 Å². The zero-order valence-corrected chi connectivity index (χ0v) is 26.7. The standard InChI is InChI=1S/C30H54O13/c1-7-27(3,23(36)40-14-10-32)19-29(5,25(38)42-16-12-34)21-30(6,26(39)43-17-13-35)20-28(4,18-22(2)8-9-31)24(37)41-15-11-33/h22,31-35H,7-21H2,1-6H3. The number of esters is 4. The molecule has 0 aromatic heterocycles. The van der Waals surface area contributed by atoms with Gasteiger partial charge in [0, 0.05) is 6.61 Å². The Hall–Kier alpha value is -2.32. The average Bonchev–Trinajstić information content (AvgIpc) is 2.95. The van der Waals surface area contributed by atoms with E-state index < -0.39 is 72.0 Å². The summed E-state index contributed by atoms with van der Waals surface area (Å²) < 4.78 is 21.2. The number of carbonyl (C=O) groups excluding carboxylic acids is 4. The number of aliphatic hydroxyl groups excluding tert-OH is 5. The second kappa shape index (κ2) is 19.1. The number of hydrogen-bond donors (Lipinski definition) is 5. The van der Waals surface area contributed by atoms with Crippen LogP contribution in [0.1, 0.15) is 80.1 Å². The van der Waals surface area contributed by atoms with E-state index in [0.29, 0.717) is 6.42 Å². The minimum atomic E-state index is -1.59. The third kappa shape index (κ3) is 12.7. The van der Waals surface area contributed by atoms with E-state index in [1.54, 1.807) is 20.8 Å². The molecule has 0 amide bonds. The summed E-state index contributed by atoms with van der Waals surface area (Å²) in [6.45, 7) is 6.74. The molecule has 13 nitrogen and oxygen atoms in total. The summed E-state index contributed by atoms with van der Waals surface area (Å²) in [5, 5.41) is 46.5. The van der Waals surface area contributed by atoms with Gasteiger partial charge in [-0.05, 0) is 72.1 Å². The monoisotopic (exact) mass is 622 g/mol. The van der Waals surface area contributed by atoms with Crippen molar-refractivity contribution in [1.29, 1.82) is 0 Å². The van der Waals surface area contributed by atoms with E-state index in [9.17, 15) is 39.6 Å². The van der Waals surface area contributed by atoms with Gasteiger partial charge in [-0.1, -0.05) is 13.8 Å². The second-order valence-corrected chi connectivity index (χ2v) is 12.4. The molecule has 0 aromatic rings. The minimum Gasteiger partial charge on any atom is -0.463 e. The van der Waals surface area contributed by atoms with Crippen LogP contribution >= 0.6 is 0 Å². The molecule has 0 rings (SSSR count). The summed E-state index contributed by atoms with van der Waals surface area (Å²) in [5.41, 5.74) is -5.74. The van der Waals surface area contributed by atoms with E-state index in [0.717, 1.165) is 0 Å². The van der Waals surface area contributed by atoms with Crippen molar-refractivity contribution in [2.75, 3.05) is 59.5 Å². The molecule has 0 spiro atoms. The molecule has 252 valence electrons. The molecule has 5 unspecified atom stereocenters. The summed E-state index contributed by atoms with van der Waals surface area (Å²) in [7, 11) is 0. The highest BCUT2D eigenvalue weighted by atomic mass is 16.6. The lowest BCUT2D eigenvalue weighted by atomic mass is 9.60. The van der Waals surface area contributed by atoms with Crippen molar-refractivity contribution < 1.29 is 63.7 Å². The highest BCUT2D eigenvalue weighted by Gasteiger charge is 2.54. The summed E-state index contributed by atoms with van der Waals surface area (Å²) >= 11 is 0. The molecule has 0 aliphatic heterocycles. The zero-order chi connectivity index (χ0) is 33.3. The Balaban J connectivity index is 6.98. The number of aliphatic hydroxyl groups is 5. The topological polar surface area (TPSA) is 206 Å². The van der Waals surface area contributed by atoms with Crippen molar-refractivity contribution in [3.63, 3.8) is 0 Å². The highest BCUT2D eigenvalue weighted by molar-refractivity contribution is 5.84. The maximum atomic E-state index is 13.7. The summed E-state index contributed by atoms with van der Waals surface area (Å²) in [6.07, 6.45) is 0.173. The van der Waals surface area contributed by atoms with Crippen LogP contribution in [0.25, 0.3) is 0 Å². The van der Waals surface area contributed by atoms with Crippen LogP contribution in [0.3, 0.4) is 0 Å². The summed E-state index contributed by atoms with van der Waals surface area (Å²) in [4.78, 5) is 53.8. The smallest absolute Gasteiger partial charge is 0.311 e. The lowest BCUT2D eigenvalue weighted by molar-refractivity contribution is -0.174. The van der Waals surface area contributed by atoms with E-state index in [4.69, 9.17) is 24.1 Å². The van der Waals surface area contributed by atoms with Crippen molar-refractivity contribution in [2.24, 2.45) is 27.6 Å². The lowest BCUT2D eigenvalue weighted by Crippen LogP contribution is -2.48. The molecule has 0 saturated carbocycles. The van der Waals surface area contributed by atoms with Crippen LogP contribution in [0.15, 0.2) is 0 Å². The molecule has 0 aromatic carbocycles. The van der Waals surface area contributed by atoms with Crippen molar-refractivity contribution >= 4 is 23.9 Å². The van der Waals surface area contributed by atoms with E-state index in [2.05, 4.69) is 0 Å². The van der Waals surface area contributed by atoms with E-state index in [1.165, 1.54) is 13.8 Å². The Bertz CT molecular complexity index is 880. The predicted molar refractivity (Wildman–Crippen MR) is 154 cm³/mol. The van der Waals surface area contributed by atoms with Gasteiger partial charge in [-0.2, -0.15) is 0 Å². The third-order valence-electron chi connectivity index (χ3n) is 7.81. The first-order chi connectivity index (χ1) is 20.1. The predicted octanol–water partition coefficient (Wildman–Crippen LogP) is 1.14. The molecule has 5 N–H and O–H groups in total. The number of ether oxygens (including phenoxy) is 4. The Morgan fingerprint density at radius 1 is 0.535 bits per heavy atom. The van der Waals surface area contributed by atoms with Crippen LogP contribution in [-0.2, 0) is 38.1 Å². The van der Waals surface area contributed by atoms with Crippen LogP contribution in [0, 0.1) is 27.6 Å². The van der Waals surface area contributed by atoms with Crippen LogP contribution in [0.5, 0.6) is 0 Å². The number of hydrogen-bond acceptors (Lipinski definition) is 13. The molecule has 43 heavy (non-hydrogen) atoms.